The third kappa shape index (κ3) is 3.83. The Morgan fingerprint density at radius 3 is 2.38 bits per heavy atom. The number of fused-ring (bicyclic) bond motifs is 1. The van der Waals surface area contributed by atoms with Gasteiger partial charge in [0, 0.05) is 24.0 Å². The lowest BCUT2D eigenvalue weighted by atomic mass is 10.1. The van der Waals surface area contributed by atoms with Crippen LogP contribution in [0.5, 0.6) is 0 Å². The van der Waals surface area contributed by atoms with E-state index in [9.17, 15) is 4.79 Å². The lowest BCUT2D eigenvalue weighted by Gasteiger charge is -2.19. The Hall–Kier alpha value is -3.64. The topological polar surface area (TPSA) is 79.2 Å². The van der Waals surface area contributed by atoms with Crippen molar-refractivity contribution < 1.29 is 5.11 Å². The van der Waals surface area contributed by atoms with Crippen molar-refractivity contribution in [3.05, 3.63) is 88.6 Å². The number of anilines is 3. The van der Waals surface area contributed by atoms with E-state index in [0.29, 0.717) is 29.2 Å². The molecule has 0 aliphatic carbocycles. The molecule has 0 bridgehead atoms. The number of pyridine rings is 2. The molecule has 4 aromatic rings. The number of hydrogen-bond acceptors (Lipinski definition) is 5. The van der Waals surface area contributed by atoms with Crippen molar-refractivity contribution in [3.63, 3.8) is 0 Å². The lowest BCUT2D eigenvalue weighted by molar-refractivity contribution is 0.311. The molecule has 0 saturated carbocycles. The van der Waals surface area contributed by atoms with E-state index in [1.165, 1.54) is 0 Å². The van der Waals surface area contributed by atoms with Gasteiger partial charge in [0.2, 0.25) is 0 Å². The minimum Gasteiger partial charge on any atom is -0.395 e. The summed E-state index contributed by atoms with van der Waals surface area (Å²) in [6.07, 6.45) is 0. The largest absolute Gasteiger partial charge is 0.395 e. The Balaban J connectivity index is 2.00. The highest BCUT2D eigenvalue weighted by Crippen LogP contribution is 2.26. The predicted octanol–water partition coefficient (Wildman–Crippen LogP) is 3.84. The van der Waals surface area contributed by atoms with Crippen LogP contribution in [0.4, 0.5) is 17.3 Å². The molecule has 0 unspecified atom stereocenters. The Morgan fingerprint density at radius 2 is 1.69 bits per heavy atom. The van der Waals surface area contributed by atoms with Crippen molar-refractivity contribution in [2.24, 2.45) is 0 Å². The summed E-state index contributed by atoms with van der Waals surface area (Å²) >= 11 is 0. The average Bonchev–Trinajstić information content (AvgIpc) is 2.73. The van der Waals surface area contributed by atoms with E-state index >= 15 is 0 Å². The number of nitrogens with one attached hydrogen (secondary N) is 2. The second-order valence-electron chi connectivity index (χ2n) is 6.73. The number of aromatic nitrogens is 2. The van der Waals surface area contributed by atoms with Crippen molar-refractivity contribution in [1.82, 2.24) is 9.55 Å². The second-order valence-corrected chi connectivity index (χ2v) is 6.73. The van der Waals surface area contributed by atoms with Gasteiger partial charge in [0.15, 0.2) is 11.1 Å². The summed E-state index contributed by atoms with van der Waals surface area (Å²) in [5.41, 5.74) is 3.06. The van der Waals surface area contributed by atoms with Crippen LogP contribution < -0.4 is 16.1 Å². The molecular formula is C23H22N4O2. The SMILES string of the molecule is Cc1cc(NCCO)nc2c1c(=O)cc(Nc1ccccc1)n2-c1ccccc1. The first-order valence-electron chi connectivity index (χ1n) is 9.47. The molecule has 6 heteroatoms. The van der Waals surface area contributed by atoms with Crippen LogP contribution in [0.25, 0.3) is 16.7 Å². The van der Waals surface area contributed by atoms with Crippen molar-refractivity contribution in [2.75, 3.05) is 23.8 Å². The van der Waals surface area contributed by atoms with Gasteiger partial charge in [0.05, 0.1) is 12.0 Å². The van der Waals surface area contributed by atoms with Gasteiger partial charge < -0.3 is 15.7 Å². The van der Waals surface area contributed by atoms with Crippen LogP contribution in [0.2, 0.25) is 0 Å². The third-order valence-electron chi connectivity index (χ3n) is 4.64. The van der Waals surface area contributed by atoms with E-state index in [1.807, 2.05) is 78.2 Å². The van der Waals surface area contributed by atoms with Gasteiger partial charge in [0.1, 0.15) is 11.6 Å². The molecule has 146 valence electrons. The maximum absolute atomic E-state index is 13.0. The first kappa shape index (κ1) is 18.7. The van der Waals surface area contributed by atoms with Crippen LogP contribution >= 0.6 is 0 Å². The number of benzene rings is 2. The molecular weight excluding hydrogens is 364 g/mol. The van der Waals surface area contributed by atoms with Crippen molar-refractivity contribution in [3.8, 4) is 5.69 Å². The van der Waals surface area contributed by atoms with Crippen molar-refractivity contribution in [1.29, 1.82) is 0 Å². The molecule has 4 rings (SSSR count). The molecule has 2 heterocycles. The monoisotopic (exact) mass is 386 g/mol. The van der Waals surface area contributed by atoms with E-state index in [0.717, 1.165) is 16.9 Å². The molecule has 0 aliphatic heterocycles. The molecule has 6 nitrogen and oxygen atoms in total. The summed E-state index contributed by atoms with van der Waals surface area (Å²) < 4.78 is 1.95. The first-order chi connectivity index (χ1) is 14.2. The van der Waals surface area contributed by atoms with Gasteiger partial charge in [-0.15, -0.1) is 0 Å². The predicted molar refractivity (Wildman–Crippen MR) is 117 cm³/mol. The minimum atomic E-state index is -0.0932. The summed E-state index contributed by atoms with van der Waals surface area (Å²) in [6.45, 7) is 2.28. The Labute approximate surface area is 168 Å². The van der Waals surface area contributed by atoms with E-state index < -0.39 is 0 Å². The van der Waals surface area contributed by atoms with Crippen LogP contribution in [0.15, 0.2) is 77.6 Å². The number of aliphatic hydroxyl groups is 1. The van der Waals surface area contributed by atoms with Gasteiger partial charge in [-0.3, -0.25) is 9.36 Å². The molecule has 0 spiro atoms. The van der Waals surface area contributed by atoms with Crippen molar-refractivity contribution >= 4 is 28.4 Å². The molecule has 0 amide bonds. The van der Waals surface area contributed by atoms with Crippen LogP contribution in [0.1, 0.15) is 5.56 Å². The van der Waals surface area contributed by atoms with Gasteiger partial charge in [-0.2, -0.15) is 0 Å². The van der Waals surface area contributed by atoms with Gasteiger partial charge in [-0.05, 0) is 42.8 Å². The van der Waals surface area contributed by atoms with Crippen LogP contribution in [-0.4, -0.2) is 27.8 Å². The minimum absolute atomic E-state index is 0.000141. The number of para-hydroxylation sites is 2. The molecule has 0 fully saturated rings. The fraction of sp³-hybridized carbons (Fsp3) is 0.130. The maximum Gasteiger partial charge on any atom is 0.193 e. The Morgan fingerprint density at radius 1 is 1.00 bits per heavy atom. The summed E-state index contributed by atoms with van der Waals surface area (Å²) in [5.74, 6) is 1.25. The highest BCUT2D eigenvalue weighted by atomic mass is 16.3. The van der Waals surface area contributed by atoms with E-state index in [-0.39, 0.29) is 12.0 Å². The van der Waals surface area contributed by atoms with Gasteiger partial charge in [-0.25, -0.2) is 4.98 Å². The van der Waals surface area contributed by atoms with E-state index in [2.05, 4.69) is 10.6 Å². The third-order valence-corrected chi connectivity index (χ3v) is 4.64. The maximum atomic E-state index is 13.0. The standard InChI is InChI=1S/C23H22N4O2/c1-16-14-20(24-12-13-28)26-23-22(16)19(29)15-21(25-17-8-4-2-5-9-17)27(23)18-10-6-3-7-11-18/h2-11,14-15,25,28H,12-13H2,1H3,(H,24,26). The molecule has 3 N–H and O–H groups in total. The quantitative estimate of drug-likeness (QED) is 0.469. The number of aryl methyl sites for hydroxylation is 1. The number of rotatable bonds is 6. The molecule has 0 saturated heterocycles. The molecule has 0 aliphatic rings. The Kier molecular flexibility index (Phi) is 5.27. The summed E-state index contributed by atoms with van der Waals surface area (Å²) in [5, 5.41) is 16.2. The highest BCUT2D eigenvalue weighted by Gasteiger charge is 2.15. The fourth-order valence-electron chi connectivity index (χ4n) is 3.37. The summed E-state index contributed by atoms with van der Waals surface area (Å²) in [4.78, 5) is 17.7. The van der Waals surface area contributed by atoms with Crippen LogP contribution in [-0.2, 0) is 0 Å². The van der Waals surface area contributed by atoms with Crippen LogP contribution in [0, 0.1) is 6.92 Å². The fourth-order valence-corrected chi connectivity index (χ4v) is 3.37. The molecule has 29 heavy (non-hydrogen) atoms. The molecule has 0 atom stereocenters. The lowest BCUT2D eigenvalue weighted by Crippen LogP contribution is -2.16. The Bertz CT molecular complexity index is 1190. The summed E-state index contributed by atoms with van der Waals surface area (Å²) in [6, 6.07) is 23.0. The first-order valence-corrected chi connectivity index (χ1v) is 9.47. The zero-order valence-electron chi connectivity index (χ0n) is 16.1. The number of aliphatic hydroxyl groups excluding tert-OH is 1. The highest BCUT2D eigenvalue weighted by molar-refractivity contribution is 5.85. The van der Waals surface area contributed by atoms with Gasteiger partial charge in [0.25, 0.3) is 0 Å². The van der Waals surface area contributed by atoms with E-state index in [1.54, 1.807) is 6.07 Å². The van der Waals surface area contributed by atoms with E-state index in [4.69, 9.17) is 10.1 Å². The molecule has 2 aromatic heterocycles. The van der Waals surface area contributed by atoms with Crippen molar-refractivity contribution in [2.45, 2.75) is 6.92 Å². The number of nitrogens with zero attached hydrogens (tertiary/aromatic N) is 2. The molecule has 0 radical (unpaired) electrons. The second kappa shape index (κ2) is 8.16. The van der Waals surface area contributed by atoms with Crippen LogP contribution in [0.3, 0.4) is 0 Å². The summed E-state index contributed by atoms with van der Waals surface area (Å²) in [7, 11) is 0. The van der Waals surface area contributed by atoms with Gasteiger partial charge >= 0.3 is 0 Å². The van der Waals surface area contributed by atoms with Gasteiger partial charge in [-0.1, -0.05) is 36.4 Å². The number of hydrogen-bond donors (Lipinski definition) is 3. The zero-order valence-corrected chi connectivity index (χ0v) is 16.1. The smallest absolute Gasteiger partial charge is 0.193 e. The zero-order chi connectivity index (χ0) is 20.2. The molecule has 2 aromatic carbocycles. The average molecular weight is 386 g/mol. The normalized spacial score (nSPS) is 10.8.